The highest BCUT2D eigenvalue weighted by Gasteiger charge is 2.43. The number of carbonyl (C=O) groups excluding carboxylic acids is 1. The minimum absolute atomic E-state index is 0.0794. The number of aryl methyl sites for hydroxylation is 1. The van der Waals surface area contributed by atoms with E-state index in [1.807, 2.05) is 17.6 Å². The zero-order valence-electron chi connectivity index (χ0n) is 11.5. The van der Waals surface area contributed by atoms with Crippen LogP contribution in [0, 0.1) is 0 Å². The molecule has 1 aromatic rings. The van der Waals surface area contributed by atoms with Crippen molar-refractivity contribution in [1.82, 2.24) is 10.4 Å². The van der Waals surface area contributed by atoms with Crippen LogP contribution in [0.15, 0.2) is 24.3 Å². The van der Waals surface area contributed by atoms with Gasteiger partial charge in [-0.25, -0.2) is 5.01 Å². The molecule has 1 saturated heterocycles. The van der Waals surface area contributed by atoms with Crippen molar-refractivity contribution in [3.8, 4) is 0 Å². The summed E-state index contributed by atoms with van der Waals surface area (Å²) in [4.78, 5) is 11.0. The molecule has 1 aromatic carbocycles. The first-order valence-electron chi connectivity index (χ1n) is 7.12. The minimum Gasteiger partial charge on any atom is -0.281 e. The summed E-state index contributed by atoms with van der Waals surface area (Å²) in [5.41, 5.74) is 4.73. The summed E-state index contributed by atoms with van der Waals surface area (Å²) >= 11 is 0. The standard InChI is InChI=1S/C15H17F3N2O/c16-15(17,18)13(21)19-20-9-7-14(8-10-20)6-5-11-3-1-2-4-12(11)14/h1-4H,5-10H2,(H,19,21). The highest BCUT2D eigenvalue weighted by Crippen LogP contribution is 2.45. The van der Waals surface area contributed by atoms with Crippen LogP contribution < -0.4 is 5.43 Å². The third-order valence-corrected chi connectivity index (χ3v) is 4.70. The SMILES string of the molecule is O=C(NN1CCC2(CCc3ccccc32)CC1)C(F)(F)F. The zero-order chi connectivity index (χ0) is 15.1. The van der Waals surface area contributed by atoms with Gasteiger partial charge in [-0.1, -0.05) is 24.3 Å². The number of nitrogens with zero attached hydrogens (tertiary/aromatic N) is 1. The van der Waals surface area contributed by atoms with E-state index in [0.29, 0.717) is 13.1 Å². The van der Waals surface area contributed by atoms with Gasteiger partial charge in [0.05, 0.1) is 0 Å². The molecule has 2 aliphatic rings. The molecule has 1 spiro atoms. The number of halogens is 3. The average molecular weight is 298 g/mol. The number of hydrogen-bond acceptors (Lipinski definition) is 2. The van der Waals surface area contributed by atoms with Crippen LogP contribution in [-0.2, 0) is 16.6 Å². The fraction of sp³-hybridized carbons (Fsp3) is 0.533. The van der Waals surface area contributed by atoms with Crippen LogP contribution in [0.3, 0.4) is 0 Å². The Morgan fingerprint density at radius 3 is 2.48 bits per heavy atom. The average Bonchev–Trinajstić information content (AvgIpc) is 2.80. The van der Waals surface area contributed by atoms with Gasteiger partial charge in [-0.2, -0.15) is 13.2 Å². The molecule has 1 N–H and O–H groups in total. The van der Waals surface area contributed by atoms with Crippen LogP contribution in [0.1, 0.15) is 30.4 Å². The van der Waals surface area contributed by atoms with Crippen molar-refractivity contribution in [2.75, 3.05) is 13.1 Å². The fourth-order valence-electron chi connectivity index (χ4n) is 3.54. The molecule has 1 heterocycles. The zero-order valence-corrected chi connectivity index (χ0v) is 11.5. The lowest BCUT2D eigenvalue weighted by Crippen LogP contribution is -2.53. The number of amides is 1. The topological polar surface area (TPSA) is 32.3 Å². The summed E-state index contributed by atoms with van der Waals surface area (Å²) in [6, 6.07) is 8.30. The fourth-order valence-corrected chi connectivity index (χ4v) is 3.54. The minimum atomic E-state index is -4.82. The van der Waals surface area contributed by atoms with Crippen LogP contribution >= 0.6 is 0 Å². The molecule has 1 fully saturated rings. The smallest absolute Gasteiger partial charge is 0.281 e. The number of alkyl halides is 3. The Labute approximate surface area is 121 Å². The van der Waals surface area contributed by atoms with Crippen LogP contribution in [0.5, 0.6) is 0 Å². The summed E-state index contributed by atoms with van der Waals surface area (Å²) in [5, 5.41) is 1.39. The van der Waals surface area contributed by atoms with Gasteiger partial charge in [0.15, 0.2) is 0 Å². The van der Waals surface area contributed by atoms with Crippen molar-refractivity contribution in [3.63, 3.8) is 0 Å². The molecule has 114 valence electrons. The summed E-state index contributed by atoms with van der Waals surface area (Å²) in [6.07, 6.45) is -1.18. The van der Waals surface area contributed by atoms with E-state index in [1.54, 1.807) is 0 Å². The second-order valence-electron chi connectivity index (χ2n) is 5.86. The largest absolute Gasteiger partial charge is 0.472 e. The van der Waals surface area contributed by atoms with Gasteiger partial charge in [0.25, 0.3) is 0 Å². The van der Waals surface area contributed by atoms with Gasteiger partial charge in [0.1, 0.15) is 0 Å². The molecule has 1 aliphatic carbocycles. The third kappa shape index (κ3) is 2.64. The monoisotopic (exact) mass is 298 g/mol. The van der Waals surface area contributed by atoms with Gasteiger partial charge < -0.3 is 0 Å². The highest BCUT2D eigenvalue weighted by atomic mass is 19.4. The van der Waals surface area contributed by atoms with E-state index >= 15 is 0 Å². The predicted molar refractivity (Wildman–Crippen MR) is 71.4 cm³/mol. The number of rotatable bonds is 1. The van der Waals surface area contributed by atoms with E-state index < -0.39 is 12.1 Å². The van der Waals surface area contributed by atoms with Crippen molar-refractivity contribution < 1.29 is 18.0 Å². The number of piperidine rings is 1. The molecule has 0 radical (unpaired) electrons. The molecule has 0 bridgehead atoms. The van der Waals surface area contributed by atoms with Crippen LogP contribution in [-0.4, -0.2) is 30.2 Å². The van der Waals surface area contributed by atoms with Crippen molar-refractivity contribution >= 4 is 5.91 Å². The third-order valence-electron chi connectivity index (χ3n) is 4.70. The quantitative estimate of drug-likeness (QED) is 0.864. The van der Waals surface area contributed by atoms with Gasteiger partial charge in [-0.15, -0.1) is 0 Å². The first-order chi connectivity index (χ1) is 9.91. The first-order valence-corrected chi connectivity index (χ1v) is 7.12. The predicted octanol–water partition coefficient (Wildman–Crippen LogP) is 2.56. The Bertz CT molecular complexity index is 548. The second-order valence-corrected chi connectivity index (χ2v) is 5.86. The maximum absolute atomic E-state index is 12.3. The van der Waals surface area contributed by atoms with Crippen molar-refractivity contribution in [2.45, 2.75) is 37.3 Å². The van der Waals surface area contributed by atoms with Crippen LogP contribution in [0.25, 0.3) is 0 Å². The lowest BCUT2D eigenvalue weighted by molar-refractivity contribution is -0.179. The maximum Gasteiger partial charge on any atom is 0.472 e. The molecule has 0 saturated carbocycles. The molecule has 0 aromatic heterocycles. The molecule has 21 heavy (non-hydrogen) atoms. The van der Waals surface area contributed by atoms with Crippen molar-refractivity contribution in [1.29, 1.82) is 0 Å². The van der Waals surface area contributed by atoms with Crippen molar-refractivity contribution in [3.05, 3.63) is 35.4 Å². The number of fused-ring (bicyclic) bond motifs is 2. The Kier molecular flexibility index (Phi) is 3.43. The summed E-state index contributed by atoms with van der Waals surface area (Å²) in [5.74, 6) is -1.88. The maximum atomic E-state index is 12.3. The van der Waals surface area contributed by atoms with E-state index in [0.717, 1.165) is 25.7 Å². The Balaban J connectivity index is 1.65. The second kappa shape index (κ2) is 5.02. The van der Waals surface area contributed by atoms with E-state index in [-0.39, 0.29) is 5.41 Å². The Hall–Kier alpha value is -1.56. The molecule has 6 heteroatoms. The summed E-state index contributed by atoms with van der Waals surface area (Å²) in [6.45, 7) is 0.909. The molecule has 3 nitrogen and oxygen atoms in total. The number of carbonyl (C=O) groups is 1. The summed E-state index contributed by atoms with van der Waals surface area (Å²) in [7, 11) is 0. The van der Waals surface area contributed by atoms with E-state index in [2.05, 4.69) is 12.1 Å². The number of nitrogens with one attached hydrogen (secondary N) is 1. The van der Waals surface area contributed by atoms with Gasteiger partial charge in [-0.05, 0) is 42.2 Å². The molecule has 0 unspecified atom stereocenters. The number of benzene rings is 1. The molecular formula is C15H17F3N2O. The Morgan fingerprint density at radius 1 is 1.14 bits per heavy atom. The number of hydrazine groups is 1. The van der Waals surface area contributed by atoms with Crippen LogP contribution in [0.2, 0.25) is 0 Å². The molecule has 0 atom stereocenters. The molecule has 3 rings (SSSR count). The molecule has 1 aliphatic heterocycles. The molecule has 1 amide bonds. The van der Waals surface area contributed by atoms with Crippen LogP contribution in [0.4, 0.5) is 13.2 Å². The van der Waals surface area contributed by atoms with Gasteiger partial charge >= 0.3 is 12.1 Å². The normalized spacial score (nSPS) is 21.3. The lowest BCUT2D eigenvalue weighted by Gasteiger charge is -2.40. The number of hydrogen-bond donors (Lipinski definition) is 1. The highest BCUT2D eigenvalue weighted by molar-refractivity contribution is 5.81. The summed E-state index contributed by atoms with van der Waals surface area (Å²) < 4.78 is 36.8. The van der Waals surface area contributed by atoms with Crippen molar-refractivity contribution in [2.24, 2.45) is 0 Å². The lowest BCUT2D eigenvalue weighted by atomic mass is 9.74. The van der Waals surface area contributed by atoms with Gasteiger partial charge in [0, 0.05) is 13.1 Å². The van der Waals surface area contributed by atoms with E-state index in [1.165, 1.54) is 16.1 Å². The van der Waals surface area contributed by atoms with E-state index in [9.17, 15) is 18.0 Å². The molecular weight excluding hydrogens is 281 g/mol. The van der Waals surface area contributed by atoms with Gasteiger partial charge in [0.2, 0.25) is 0 Å². The first kappa shape index (κ1) is 14.4. The van der Waals surface area contributed by atoms with E-state index in [4.69, 9.17) is 0 Å². The Morgan fingerprint density at radius 2 is 1.81 bits per heavy atom. The van der Waals surface area contributed by atoms with Gasteiger partial charge in [-0.3, -0.25) is 10.2 Å².